The minimum Gasteiger partial charge on any atom is -0.493 e. The molecule has 0 aliphatic heterocycles. The first-order chi connectivity index (χ1) is 10.1. The molecule has 0 saturated heterocycles. The van der Waals surface area contributed by atoms with Gasteiger partial charge >= 0.3 is 0 Å². The van der Waals surface area contributed by atoms with Crippen LogP contribution < -0.4 is 9.47 Å². The Bertz CT molecular complexity index is 671. The summed E-state index contributed by atoms with van der Waals surface area (Å²) in [4.78, 5) is 12.3. The third kappa shape index (κ3) is 3.34. The highest BCUT2D eigenvalue weighted by molar-refractivity contribution is 6.34. The van der Waals surface area contributed by atoms with E-state index in [1.54, 1.807) is 18.2 Å². The van der Waals surface area contributed by atoms with Crippen LogP contribution in [-0.4, -0.2) is 20.0 Å². The summed E-state index contributed by atoms with van der Waals surface area (Å²) in [7, 11) is 2.95. The monoisotopic (exact) mass is 308 g/mol. The van der Waals surface area contributed by atoms with Crippen molar-refractivity contribution in [2.45, 2.75) is 6.42 Å². The molecule has 0 amide bonds. The molecule has 21 heavy (non-hydrogen) atoms. The number of ether oxygens (including phenoxy) is 2. The molecular weight excluding hydrogens is 295 g/mol. The van der Waals surface area contributed by atoms with Crippen LogP contribution in [0.5, 0.6) is 11.5 Å². The maximum Gasteiger partial charge on any atom is 0.168 e. The fourth-order valence-corrected chi connectivity index (χ4v) is 2.24. The Kier molecular flexibility index (Phi) is 4.81. The Balaban J connectivity index is 2.33. The number of carbonyl (C=O) groups excluding carboxylic acids is 1. The highest BCUT2D eigenvalue weighted by atomic mass is 35.5. The molecule has 0 fully saturated rings. The lowest BCUT2D eigenvalue weighted by molar-refractivity contribution is 0.0991. The highest BCUT2D eigenvalue weighted by Crippen LogP contribution is 2.33. The van der Waals surface area contributed by atoms with Crippen LogP contribution in [0, 0.1) is 5.82 Å². The zero-order chi connectivity index (χ0) is 15.4. The first-order valence-corrected chi connectivity index (χ1v) is 6.62. The quantitative estimate of drug-likeness (QED) is 0.785. The third-order valence-electron chi connectivity index (χ3n) is 3.08. The van der Waals surface area contributed by atoms with Crippen LogP contribution in [0.2, 0.25) is 5.02 Å². The summed E-state index contributed by atoms with van der Waals surface area (Å²) < 4.78 is 23.9. The molecule has 0 aromatic heterocycles. The van der Waals surface area contributed by atoms with Crippen molar-refractivity contribution in [2.24, 2.45) is 0 Å². The largest absolute Gasteiger partial charge is 0.493 e. The molecule has 0 aliphatic rings. The van der Waals surface area contributed by atoms with E-state index in [4.69, 9.17) is 21.1 Å². The van der Waals surface area contributed by atoms with Gasteiger partial charge in [0.2, 0.25) is 0 Å². The van der Waals surface area contributed by atoms with E-state index in [1.807, 2.05) is 0 Å². The molecule has 2 rings (SSSR count). The minimum absolute atomic E-state index is 0.0676. The Hall–Kier alpha value is -2.07. The standard InChI is InChI=1S/C16H14ClFO3/c1-20-15-8-11(12(17)9-16(15)21-2)14(19)7-10-5-3-4-6-13(10)18/h3-6,8-9H,7H2,1-2H3. The predicted molar refractivity (Wildman–Crippen MR) is 79.0 cm³/mol. The van der Waals surface area contributed by atoms with Crippen molar-refractivity contribution in [3.05, 3.63) is 58.4 Å². The minimum atomic E-state index is -0.414. The average Bonchev–Trinajstić information content (AvgIpc) is 2.49. The second kappa shape index (κ2) is 6.59. The fourth-order valence-electron chi connectivity index (χ4n) is 1.98. The number of rotatable bonds is 5. The number of hydrogen-bond acceptors (Lipinski definition) is 3. The lowest BCUT2D eigenvalue weighted by atomic mass is 10.0. The molecule has 0 atom stereocenters. The maximum atomic E-state index is 13.6. The molecule has 0 N–H and O–H groups in total. The van der Waals surface area contributed by atoms with Gasteiger partial charge in [-0.3, -0.25) is 4.79 Å². The van der Waals surface area contributed by atoms with Gasteiger partial charge in [0.05, 0.1) is 19.2 Å². The van der Waals surface area contributed by atoms with Crippen LogP contribution in [-0.2, 0) is 6.42 Å². The molecule has 0 bridgehead atoms. The van der Waals surface area contributed by atoms with E-state index >= 15 is 0 Å². The molecule has 0 radical (unpaired) electrons. The number of Topliss-reactive ketones (excluding diaryl/α,β-unsaturated/α-hetero) is 1. The molecule has 5 heteroatoms. The Labute approximate surface area is 127 Å². The van der Waals surface area contributed by atoms with Crippen molar-refractivity contribution in [1.82, 2.24) is 0 Å². The number of halogens is 2. The molecule has 0 spiro atoms. The van der Waals surface area contributed by atoms with Crippen LogP contribution >= 0.6 is 11.6 Å². The van der Waals surface area contributed by atoms with Gasteiger partial charge in [-0.25, -0.2) is 4.39 Å². The topological polar surface area (TPSA) is 35.5 Å². The molecule has 110 valence electrons. The second-order valence-electron chi connectivity index (χ2n) is 4.38. The summed E-state index contributed by atoms with van der Waals surface area (Å²) in [6.07, 6.45) is -0.0676. The van der Waals surface area contributed by atoms with Gasteiger partial charge in [-0.05, 0) is 17.7 Å². The molecule has 0 heterocycles. The van der Waals surface area contributed by atoms with Gasteiger partial charge in [0, 0.05) is 18.1 Å². The van der Waals surface area contributed by atoms with Crippen molar-refractivity contribution in [3.63, 3.8) is 0 Å². The smallest absolute Gasteiger partial charge is 0.168 e. The fraction of sp³-hybridized carbons (Fsp3) is 0.188. The summed E-state index contributed by atoms with van der Waals surface area (Å²) in [5.74, 6) is 0.136. The Morgan fingerprint density at radius 3 is 2.38 bits per heavy atom. The van der Waals surface area contributed by atoms with Gasteiger partial charge in [0.1, 0.15) is 5.82 Å². The molecule has 0 unspecified atom stereocenters. The summed E-state index contributed by atoms with van der Waals surface area (Å²) in [5, 5.41) is 0.244. The molecule has 0 aliphatic carbocycles. The highest BCUT2D eigenvalue weighted by Gasteiger charge is 2.17. The van der Waals surface area contributed by atoms with E-state index in [-0.39, 0.29) is 22.8 Å². The second-order valence-corrected chi connectivity index (χ2v) is 4.79. The van der Waals surface area contributed by atoms with E-state index in [0.29, 0.717) is 17.1 Å². The third-order valence-corrected chi connectivity index (χ3v) is 3.40. The molecular formula is C16H14ClFO3. The molecule has 3 nitrogen and oxygen atoms in total. The lowest BCUT2D eigenvalue weighted by Gasteiger charge is -2.11. The van der Waals surface area contributed by atoms with Crippen molar-refractivity contribution in [1.29, 1.82) is 0 Å². The van der Waals surface area contributed by atoms with Crippen LogP contribution in [0.3, 0.4) is 0 Å². The number of carbonyl (C=O) groups is 1. The first-order valence-electron chi connectivity index (χ1n) is 6.25. The van der Waals surface area contributed by atoms with E-state index < -0.39 is 5.82 Å². The van der Waals surface area contributed by atoms with Crippen LogP contribution in [0.4, 0.5) is 4.39 Å². The van der Waals surface area contributed by atoms with Crippen LogP contribution in [0.25, 0.3) is 0 Å². The number of hydrogen-bond donors (Lipinski definition) is 0. The van der Waals surface area contributed by atoms with E-state index in [9.17, 15) is 9.18 Å². The van der Waals surface area contributed by atoms with Crippen molar-refractivity contribution < 1.29 is 18.7 Å². The zero-order valence-electron chi connectivity index (χ0n) is 11.7. The Morgan fingerprint density at radius 1 is 1.14 bits per heavy atom. The van der Waals surface area contributed by atoms with Gasteiger partial charge < -0.3 is 9.47 Å². The van der Waals surface area contributed by atoms with Crippen molar-refractivity contribution >= 4 is 17.4 Å². The summed E-state index contributed by atoms with van der Waals surface area (Å²) >= 11 is 6.09. The van der Waals surface area contributed by atoms with E-state index in [1.165, 1.54) is 32.4 Å². The van der Waals surface area contributed by atoms with Gasteiger partial charge in [0.15, 0.2) is 17.3 Å². The number of methoxy groups -OCH3 is 2. The number of benzene rings is 2. The first kappa shape index (κ1) is 15.3. The van der Waals surface area contributed by atoms with Crippen molar-refractivity contribution in [3.8, 4) is 11.5 Å². The van der Waals surface area contributed by atoms with Crippen LogP contribution in [0.15, 0.2) is 36.4 Å². The normalized spacial score (nSPS) is 10.3. The zero-order valence-corrected chi connectivity index (χ0v) is 12.4. The molecule has 2 aromatic rings. The van der Waals surface area contributed by atoms with E-state index in [0.717, 1.165) is 0 Å². The summed E-state index contributed by atoms with van der Waals surface area (Å²) in [6, 6.07) is 9.16. The lowest BCUT2D eigenvalue weighted by Crippen LogP contribution is -2.07. The van der Waals surface area contributed by atoms with Gasteiger partial charge in [-0.2, -0.15) is 0 Å². The average molecular weight is 309 g/mol. The molecule has 0 saturated carbocycles. The van der Waals surface area contributed by atoms with Gasteiger partial charge in [-0.1, -0.05) is 29.8 Å². The van der Waals surface area contributed by atoms with Crippen LogP contribution in [0.1, 0.15) is 15.9 Å². The maximum absolute atomic E-state index is 13.6. The Morgan fingerprint density at radius 2 is 1.76 bits per heavy atom. The van der Waals surface area contributed by atoms with Gasteiger partial charge in [-0.15, -0.1) is 0 Å². The predicted octanol–water partition coefficient (Wildman–Crippen LogP) is 3.92. The van der Waals surface area contributed by atoms with Crippen molar-refractivity contribution in [2.75, 3.05) is 14.2 Å². The summed E-state index contributed by atoms with van der Waals surface area (Å²) in [6.45, 7) is 0. The molecule has 2 aromatic carbocycles. The SMILES string of the molecule is COc1cc(Cl)c(C(=O)Cc2ccccc2F)cc1OC. The number of ketones is 1. The summed E-state index contributed by atoms with van der Waals surface area (Å²) in [5.41, 5.74) is 0.603. The van der Waals surface area contributed by atoms with E-state index in [2.05, 4.69) is 0 Å². The van der Waals surface area contributed by atoms with Gasteiger partial charge in [0.25, 0.3) is 0 Å².